The van der Waals surface area contributed by atoms with E-state index in [4.69, 9.17) is 5.73 Å². The Hall–Kier alpha value is -2.39. The predicted octanol–water partition coefficient (Wildman–Crippen LogP) is 3.55. The maximum Gasteiger partial charge on any atom is 0.131 e. The molecule has 0 fully saturated rings. The van der Waals surface area contributed by atoms with Gasteiger partial charge >= 0.3 is 0 Å². The van der Waals surface area contributed by atoms with Gasteiger partial charge in [-0.3, -0.25) is 0 Å². The van der Waals surface area contributed by atoms with Gasteiger partial charge in [-0.05, 0) is 54.4 Å². The van der Waals surface area contributed by atoms with Crippen molar-refractivity contribution < 1.29 is 0 Å². The molecule has 0 saturated carbocycles. The molecule has 21 heavy (non-hydrogen) atoms. The van der Waals surface area contributed by atoms with Gasteiger partial charge in [0.2, 0.25) is 0 Å². The molecule has 3 nitrogen and oxygen atoms in total. The number of aromatic nitrogens is 1. The van der Waals surface area contributed by atoms with Crippen molar-refractivity contribution in [3.63, 3.8) is 0 Å². The van der Waals surface area contributed by atoms with Gasteiger partial charge in [0.05, 0.1) is 0 Å². The molecule has 0 unspecified atom stereocenters. The van der Waals surface area contributed by atoms with Crippen molar-refractivity contribution in [2.24, 2.45) is 0 Å². The summed E-state index contributed by atoms with van der Waals surface area (Å²) in [5.74, 6) is 0.582. The second-order valence-corrected chi connectivity index (χ2v) is 5.57. The van der Waals surface area contributed by atoms with Crippen molar-refractivity contribution in [1.29, 1.82) is 0 Å². The molecule has 1 aromatic heterocycles. The topological polar surface area (TPSA) is 42.2 Å². The van der Waals surface area contributed by atoms with Gasteiger partial charge in [0.15, 0.2) is 0 Å². The van der Waals surface area contributed by atoms with Gasteiger partial charge in [-0.1, -0.05) is 30.3 Å². The lowest BCUT2D eigenvalue weighted by Gasteiger charge is -2.11. The maximum atomic E-state index is 5.98. The monoisotopic (exact) mass is 277 g/mol. The molecule has 3 heteroatoms. The molecule has 0 amide bonds. The average molecular weight is 277 g/mol. The van der Waals surface area contributed by atoms with Crippen LogP contribution in [0.4, 0.5) is 5.82 Å². The summed E-state index contributed by atoms with van der Waals surface area (Å²) in [7, 11) is 4.16. The molecular weight excluding hydrogens is 258 g/mol. The van der Waals surface area contributed by atoms with E-state index < -0.39 is 0 Å². The van der Waals surface area contributed by atoms with Crippen LogP contribution in [0.2, 0.25) is 0 Å². The quantitative estimate of drug-likeness (QED) is 0.796. The summed E-state index contributed by atoms with van der Waals surface area (Å²) in [6, 6.07) is 17.0. The molecule has 0 aliphatic rings. The number of pyridine rings is 1. The Morgan fingerprint density at radius 3 is 2.62 bits per heavy atom. The number of benzene rings is 2. The first-order chi connectivity index (χ1) is 10.1. The smallest absolute Gasteiger partial charge is 0.131 e. The Morgan fingerprint density at radius 1 is 1.00 bits per heavy atom. The summed E-state index contributed by atoms with van der Waals surface area (Å²) < 4.78 is 0. The fourth-order valence-corrected chi connectivity index (χ4v) is 2.58. The number of fused-ring (bicyclic) bond motifs is 1. The molecule has 0 aliphatic heterocycles. The number of nitrogens with two attached hydrogens (primary N) is 1. The summed E-state index contributed by atoms with van der Waals surface area (Å²) >= 11 is 0. The van der Waals surface area contributed by atoms with Gasteiger partial charge in [0.25, 0.3) is 0 Å². The first-order valence-corrected chi connectivity index (χ1v) is 7.02. The van der Waals surface area contributed by atoms with Crippen molar-refractivity contribution >= 4 is 16.6 Å². The molecule has 0 radical (unpaired) electrons. The van der Waals surface area contributed by atoms with Crippen LogP contribution in [0, 0.1) is 0 Å². The van der Waals surface area contributed by atoms with Gasteiger partial charge in [-0.2, -0.15) is 0 Å². The number of hydrogen-bond acceptors (Lipinski definition) is 3. The zero-order chi connectivity index (χ0) is 14.8. The third-order valence-electron chi connectivity index (χ3n) is 3.56. The molecule has 0 bridgehead atoms. The minimum atomic E-state index is 0.582. The summed E-state index contributed by atoms with van der Waals surface area (Å²) in [5, 5.41) is 2.13. The lowest BCUT2D eigenvalue weighted by molar-refractivity contribution is 0.402. The van der Waals surface area contributed by atoms with Crippen LogP contribution in [0.15, 0.2) is 54.7 Å². The van der Waals surface area contributed by atoms with Crippen LogP contribution in [0.1, 0.15) is 5.56 Å². The summed E-state index contributed by atoms with van der Waals surface area (Å²) in [6.45, 7) is 0.936. The predicted molar refractivity (Wildman–Crippen MR) is 89.0 cm³/mol. The highest BCUT2D eigenvalue weighted by atomic mass is 15.0. The summed E-state index contributed by atoms with van der Waals surface area (Å²) in [6.07, 6.45) is 1.75. The van der Waals surface area contributed by atoms with E-state index >= 15 is 0 Å². The van der Waals surface area contributed by atoms with Crippen LogP contribution in [0.5, 0.6) is 0 Å². The SMILES string of the molecule is CN(C)Cc1cccc(-c2ccc3ccnc(N)c3c2)c1. The van der Waals surface area contributed by atoms with Gasteiger partial charge in [-0.25, -0.2) is 4.98 Å². The fourth-order valence-electron chi connectivity index (χ4n) is 2.58. The minimum absolute atomic E-state index is 0.582. The summed E-state index contributed by atoms with van der Waals surface area (Å²) in [5.41, 5.74) is 9.66. The number of nitrogen functional groups attached to an aromatic ring is 1. The van der Waals surface area contributed by atoms with Crippen LogP contribution in [0.3, 0.4) is 0 Å². The van der Waals surface area contributed by atoms with E-state index in [-0.39, 0.29) is 0 Å². The Balaban J connectivity index is 2.06. The fraction of sp³-hybridized carbons (Fsp3) is 0.167. The van der Waals surface area contributed by atoms with E-state index in [1.165, 1.54) is 16.7 Å². The van der Waals surface area contributed by atoms with Crippen LogP contribution >= 0.6 is 0 Å². The lowest BCUT2D eigenvalue weighted by atomic mass is 10.00. The Bertz CT molecular complexity index is 778. The Morgan fingerprint density at radius 2 is 1.81 bits per heavy atom. The van der Waals surface area contributed by atoms with Crippen LogP contribution in [0.25, 0.3) is 21.9 Å². The second-order valence-electron chi connectivity index (χ2n) is 5.57. The van der Waals surface area contributed by atoms with Crippen molar-refractivity contribution in [2.45, 2.75) is 6.54 Å². The molecule has 3 rings (SSSR count). The van der Waals surface area contributed by atoms with E-state index in [0.717, 1.165) is 17.3 Å². The van der Waals surface area contributed by atoms with Crippen molar-refractivity contribution in [3.05, 3.63) is 60.3 Å². The molecule has 1 heterocycles. The molecular formula is C18H19N3. The third kappa shape index (κ3) is 2.88. The van der Waals surface area contributed by atoms with E-state index in [0.29, 0.717) is 5.82 Å². The van der Waals surface area contributed by atoms with E-state index in [1.807, 2.05) is 6.07 Å². The molecule has 0 saturated heterocycles. The minimum Gasteiger partial charge on any atom is -0.383 e. The Labute approximate surface area is 125 Å². The normalized spacial score (nSPS) is 11.2. The molecule has 0 atom stereocenters. The highest BCUT2D eigenvalue weighted by Gasteiger charge is 2.04. The molecule has 3 aromatic rings. The standard InChI is InChI=1S/C18H19N3/c1-21(2)12-13-4-3-5-15(10-13)16-7-6-14-8-9-20-18(19)17(14)11-16/h3-11H,12H2,1-2H3,(H2,19,20). The van der Waals surface area contributed by atoms with Crippen LogP contribution in [-0.4, -0.2) is 24.0 Å². The molecule has 2 aromatic carbocycles. The maximum absolute atomic E-state index is 5.98. The van der Waals surface area contributed by atoms with E-state index in [2.05, 4.69) is 66.4 Å². The summed E-state index contributed by atoms with van der Waals surface area (Å²) in [4.78, 5) is 6.34. The van der Waals surface area contributed by atoms with Gasteiger partial charge in [-0.15, -0.1) is 0 Å². The van der Waals surface area contributed by atoms with Crippen LogP contribution in [-0.2, 0) is 6.54 Å². The zero-order valence-electron chi connectivity index (χ0n) is 12.4. The van der Waals surface area contributed by atoms with Crippen molar-refractivity contribution in [1.82, 2.24) is 9.88 Å². The zero-order valence-corrected chi connectivity index (χ0v) is 12.4. The van der Waals surface area contributed by atoms with Crippen molar-refractivity contribution in [2.75, 3.05) is 19.8 Å². The lowest BCUT2D eigenvalue weighted by Crippen LogP contribution is -2.10. The molecule has 2 N–H and O–H groups in total. The first-order valence-electron chi connectivity index (χ1n) is 7.02. The highest BCUT2D eigenvalue weighted by Crippen LogP contribution is 2.27. The number of anilines is 1. The largest absolute Gasteiger partial charge is 0.383 e. The average Bonchev–Trinajstić information content (AvgIpc) is 2.47. The molecule has 0 aliphatic carbocycles. The van der Waals surface area contributed by atoms with E-state index in [9.17, 15) is 0 Å². The van der Waals surface area contributed by atoms with Crippen molar-refractivity contribution in [3.8, 4) is 11.1 Å². The van der Waals surface area contributed by atoms with Gasteiger partial charge < -0.3 is 10.6 Å². The number of hydrogen-bond donors (Lipinski definition) is 1. The Kier molecular flexibility index (Phi) is 3.59. The highest BCUT2D eigenvalue weighted by molar-refractivity contribution is 5.94. The number of nitrogens with zero attached hydrogens (tertiary/aromatic N) is 2. The third-order valence-corrected chi connectivity index (χ3v) is 3.56. The van der Waals surface area contributed by atoms with Gasteiger partial charge in [0.1, 0.15) is 5.82 Å². The second kappa shape index (κ2) is 5.54. The van der Waals surface area contributed by atoms with E-state index in [1.54, 1.807) is 6.20 Å². The first kappa shape index (κ1) is 13.6. The molecule has 0 spiro atoms. The van der Waals surface area contributed by atoms with Crippen LogP contribution < -0.4 is 5.73 Å². The number of rotatable bonds is 3. The molecule has 106 valence electrons. The van der Waals surface area contributed by atoms with Gasteiger partial charge in [0, 0.05) is 18.1 Å².